The monoisotopic (exact) mass is 283 g/mol. The second-order valence-electron chi connectivity index (χ2n) is 5.23. The van der Waals surface area contributed by atoms with Gasteiger partial charge in [0.15, 0.2) is 0 Å². The third-order valence-corrected chi connectivity index (χ3v) is 3.22. The lowest BCUT2D eigenvalue weighted by Crippen LogP contribution is -2.28. The Morgan fingerprint density at radius 3 is 2.19 bits per heavy atom. The van der Waals surface area contributed by atoms with Gasteiger partial charge >= 0.3 is 6.03 Å². The van der Waals surface area contributed by atoms with Crippen LogP contribution in [0.1, 0.15) is 11.1 Å². The molecule has 0 unspecified atom stereocenters. The first-order valence-electron chi connectivity index (χ1n) is 6.92. The summed E-state index contributed by atoms with van der Waals surface area (Å²) < 4.78 is 0. The van der Waals surface area contributed by atoms with Crippen LogP contribution in [-0.2, 0) is 6.54 Å². The normalized spacial score (nSPS) is 10.0. The summed E-state index contributed by atoms with van der Waals surface area (Å²) in [6, 6.07) is 15.6. The highest BCUT2D eigenvalue weighted by Crippen LogP contribution is 2.12. The van der Waals surface area contributed by atoms with E-state index in [1.54, 1.807) is 0 Å². The van der Waals surface area contributed by atoms with Crippen LogP contribution in [-0.4, -0.2) is 20.1 Å². The molecule has 0 saturated carbocycles. The zero-order valence-corrected chi connectivity index (χ0v) is 12.7. The zero-order valence-electron chi connectivity index (χ0n) is 12.7. The predicted octanol–water partition coefficient (Wildman–Crippen LogP) is 3.38. The van der Waals surface area contributed by atoms with Gasteiger partial charge in [-0.15, -0.1) is 0 Å². The van der Waals surface area contributed by atoms with E-state index in [4.69, 9.17) is 0 Å². The van der Waals surface area contributed by atoms with Crippen molar-refractivity contribution in [1.29, 1.82) is 0 Å². The lowest BCUT2D eigenvalue weighted by molar-refractivity contribution is 0.251. The first-order chi connectivity index (χ1) is 10.0. The topological polar surface area (TPSA) is 44.4 Å². The maximum Gasteiger partial charge on any atom is 0.319 e. The van der Waals surface area contributed by atoms with Crippen molar-refractivity contribution in [3.63, 3.8) is 0 Å². The molecule has 0 heterocycles. The minimum absolute atomic E-state index is 0.199. The number of carbonyl (C=O) groups is 1. The van der Waals surface area contributed by atoms with Gasteiger partial charge in [0.2, 0.25) is 0 Å². The number of benzene rings is 2. The lowest BCUT2D eigenvalue weighted by Gasteiger charge is -2.13. The molecule has 0 spiro atoms. The van der Waals surface area contributed by atoms with Crippen LogP contribution in [0.4, 0.5) is 16.2 Å². The first kappa shape index (κ1) is 14.9. The third kappa shape index (κ3) is 4.53. The van der Waals surface area contributed by atoms with Crippen molar-refractivity contribution in [2.45, 2.75) is 13.5 Å². The van der Waals surface area contributed by atoms with Crippen molar-refractivity contribution in [3.8, 4) is 0 Å². The van der Waals surface area contributed by atoms with Crippen LogP contribution in [0.5, 0.6) is 0 Å². The van der Waals surface area contributed by atoms with E-state index in [0.717, 1.165) is 16.9 Å². The molecule has 0 bridgehead atoms. The Kier molecular flexibility index (Phi) is 4.82. The maximum atomic E-state index is 11.8. The van der Waals surface area contributed by atoms with Crippen LogP contribution in [0, 0.1) is 6.92 Å². The van der Waals surface area contributed by atoms with Crippen molar-refractivity contribution < 1.29 is 4.79 Å². The van der Waals surface area contributed by atoms with Crippen molar-refractivity contribution in [2.75, 3.05) is 24.3 Å². The summed E-state index contributed by atoms with van der Waals surface area (Å²) in [5, 5.41) is 5.66. The van der Waals surface area contributed by atoms with Crippen LogP contribution in [0.2, 0.25) is 0 Å². The molecule has 4 nitrogen and oxygen atoms in total. The van der Waals surface area contributed by atoms with Crippen molar-refractivity contribution in [1.82, 2.24) is 5.32 Å². The predicted molar refractivity (Wildman–Crippen MR) is 87.8 cm³/mol. The fourth-order valence-electron chi connectivity index (χ4n) is 1.91. The number of nitrogens with zero attached hydrogens (tertiary/aromatic N) is 1. The number of aryl methyl sites for hydroxylation is 1. The summed E-state index contributed by atoms with van der Waals surface area (Å²) in [6.07, 6.45) is 0. The van der Waals surface area contributed by atoms with Gasteiger partial charge < -0.3 is 15.5 Å². The zero-order chi connectivity index (χ0) is 15.2. The highest BCUT2D eigenvalue weighted by molar-refractivity contribution is 5.89. The summed E-state index contributed by atoms with van der Waals surface area (Å²) in [4.78, 5) is 13.9. The van der Waals surface area contributed by atoms with Gasteiger partial charge in [0, 0.05) is 32.0 Å². The standard InChI is InChI=1S/C17H21N3O/c1-13-4-8-15(9-5-13)19-17(21)18-12-14-6-10-16(11-7-14)20(2)3/h4-11H,12H2,1-3H3,(H2,18,19,21). The quantitative estimate of drug-likeness (QED) is 0.903. The van der Waals surface area contributed by atoms with E-state index in [-0.39, 0.29) is 6.03 Å². The molecule has 2 aromatic rings. The van der Waals surface area contributed by atoms with Crippen molar-refractivity contribution in [3.05, 3.63) is 59.7 Å². The number of anilines is 2. The number of urea groups is 1. The molecule has 0 aromatic heterocycles. The highest BCUT2D eigenvalue weighted by Gasteiger charge is 2.02. The molecule has 0 aliphatic carbocycles. The molecule has 2 N–H and O–H groups in total. The molecule has 0 aliphatic heterocycles. The summed E-state index contributed by atoms with van der Waals surface area (Å²) in [6.45, 7) is 2.52. The lowest BCUT2D eigenvalue weighted by atomic mass is 10.2. The molecule has 2 rings (SSSR count). The number of hydrogen-bond donors (Lipinski definition) is 2. The Bertz CT molecular complexity index is 588. The molecule has 2 amide bonds. The third-order valence-electron chi connectivity index (χ3n) is 3.22. The van der Waals surface area contributed by atoms with Gasteiger partial charge in [-0.05, 0) is 36.8 Å². The summed E-state index contributed by atoms with van der Waals surface area (Å²) >= 11 is 0. The number of hydrogen-bond acceptors (Lipinski definition) is 2. The average molecular weight is 283 g/mol. The Balaban J connectivity index is 1.84. The Labute approximate surface area is 125 Å². The molecular weight excluding hydrogens is 262 g/mol. The number of rotatable bonds is 4. The highest BCUT2D eigenvalue weighted by atomic mass is 16.2. The Hall–Kier alpha value is -2.49. The molecule has 0 saturated heterocycles. The second kappa shape index (κ2) is 6.79. The molecular formula is C17H21N3O. The SMILES string of the molecule is Cc1ccc(NC(=O)NCc2ccc(N(C)C)cc2)cc1. The second-order valence-corrected chi connectivity index (χ2v) is 5.23. The van der Waals surface area contributed by atoms with Gasteiger partial charge in [-0.1, -0.05) is 29.8 Å². The molecule has 21 heavy (non-hydrogen) atoms. The fraction of sp³-hybridized carbons (Fsp3) is 0.235. The van der Waals surface area contributed by atoms with Crippen LogP contribution >= 0.6 is 0 Å². The molecule has 0 atom stereocenters. The molecule has 0 fully saturated rings. The molecule has 110 valence electrons. The smallest absolute Gasteiger partial charge is 0.319 e. The number of amides is 2. The minimum Gasteiger partial charge on any atom is -0.378 e. The Morgan fingerprint density at radius 1 is 1.00 bits per heavy atom. The van der Waals surface area contributed by atoms with E-state index in [9.17, 15) is 4.79 Å². The van der Waals surface area contributed by atoms with Gasteiger partial charge in [-0.2, -0.15) is 0 Å². The van der Waals surface area contributed by atoms with Gasteiger partial charge in [0.1, 0.15) is 0 Å². The average Bonchev–Trinajstić information content (AvgIpc) is 2.48. The number of carbonyl (C=O) groups excluding carboxylic acids is 1. The largest absolute Gasteiger partial charge is 0.378 e. The molecule has 0 aliphatic rings. The van der Waals surface area contributed by atoms with Gasteiger partial charge in [0.05, 0.1) is 0 Å². The van der Waals surface area contributed by atoms with Gasteiger partial charge in [-0.3, -0.25) is 0 Å². The van der Waals surface area contributed by atoms with E-state index in [1.807, 2.05) is 74.4 Å². The maximum absolute atomic E-state index is 11.8. The summed E-state index contributed by atoms with van der Waals surface area (Å²) in [7, 11) is 4.00. The van der Waals surface area contributed by atoms with Crippen LogP contribution in [0.25, 0.3) is 0 Å². The van der Waals surface area contributed by atoms with Crippen LogP contribution in [0.15, 0.2) is 48.5 Å². The van der Waals surface area contributed by atoms with E-state index in [0.29, 0.717) is 6.54 Å². The summed E-state index contributed by atoms with van der Waals surface area (Å²) in [5.74, 6) is 0. The fourth-order valence-corrected chi connectivity index (χ4v) is 1.91. The van der Waals surface area contributed by atoms with Crippen molar-refractivity contribution in [2.24, 2.45) is 0 Å². The van der Waals surface area contributed by atoms with Crippen molar-refractivity contribution >= 4 is 17.4 Å². The summed E-state index contributed by atoms with van der Waals surface area (Å²) in [5.41, 5.74) is 4.17. The Morgan fingerprint density at radius 2 is 1.62 bits per heavy atom. The first-order valence-corrected chi connectivity index (χ1v) is 6.92. The van der Waals surface area contributed by atoms with Gasteiger partial charge in [0.25, 0.3) is 0 Å². The van der Waals surface area contributed by atoms with Crippen LogP contribution < -0.4 is 15.5 Å². The number of nitrogens with one attached hydrogen (secondary N) is 2. The molecule has 4 heteroatoms. The minimum atomic E-state index is -0.199. The van der Waals surface area contributed by atoms with E-state index in [1.165, 1.54) is 5.56 Å². The molecule has 0 radical (unpaired) electrons. The van der Waals surface area contributed by atoms with E-state index < -0.39 is 0 Å². The van der Waals surface area contributed by atoms with Crippen LogP contribution in [0.3, 0.4) is 0 Å². The van der Waals surface area contributed by atoms with Gasteiger partial charge in [-0.25, -0.2) is 4.79 Å². The molecule has 2 aromatic carbocycles. The van der Waals surface area contributed by atoms with E-state index >= 15 is 0 Å². The van der Waals surface area contributed by atoms with E-state index in [2.05, 4.69) is 10.6 Å².